The van der Waals surface area contributed by atoms with Gasteiger partial charge in [-0.3, -0.25) is 20.4 Å². The van der Waals surface area contributed by atoms with Crippen molar-refractivity contribution in [1.82, 2.24) is 0 Å². The normalized spacial score (nSPS) is 12.5. The van der Waals surface area contributed by atoms with E-state index in [1.165, 1.54) is 30.3 Å². The zero-order chi connectivity index (χ0) is 26.1. The molecule has 0 aliphatic carbocycles. The summed E-state index contributed by atoms with van der Waals surface area (Å²) in [6.45, 7) is 0. The maximum absolute atomic E-state index is 12.8. The first-order valence-corrected chi connectivity index (χ1v) is 12.7. The van der Waals surface area contributed by atoms with Crippen molar-refractivity contribution in [3.8, 4) is 0 Å². The summed E-state index contributed by atoms with van der Waals surface area (Å²) < 4.78 is 67.7. The van der Waals surface area contributed by atoms with Gasteiger partial charge in [0.05, 0.1) is 21.2 Å². The van der Waals surface area contributed by atoms with E-state index in [1.54, 1.807) is 18.2 Å². The molecule has 12 nitrogen and oxygen atoms in total. The molecule has 0 aromatic heterocycles. The molecular weight excluding hydrogens is 558 g/mol. The first kappa shape index (κ1) is 32.0. The molecule has 4 aromatic carbocycles. The Bertz CT molecular complexity index is 1940. The van der Waals surface area contributed by atoms with Crippen LogP contribution in [0, 0.1) is 0 Å². The summed E-state index contributed by atoms with van der Waals surface area (Å²) >= 11 is 0. The second-order valence-electron chi connectivity index (χ2n) is 7.30. The first-order valence-electron chi connectivity index (χ1n) is 9.93. The van der Waals surface area contributed by atoms with Crippen LogP contribution in [0.5, 0.6) is 0 Å². The van der Waals surface area contributed by atoms with E-state index in [2.05, 4.69) is 21.1 Å². The van der Waals surface area contributed by atoms with Crippen LogP contribution in [-0.4, -0.2) is 25.9 Å². The number of nitrogens with zero attached hydrogens (tertiary/aromatic N) is 2. The van der Waals surface area contributed by atoms with Gasteiger partial charge in [0.2, 0.25) is 10.9 Å². The van der Waals surface area contributed by atoms with E-state index in [1.807, 2.05) is 0 Å². The van der Waals surface area contributed by atoms with Crippen LogP contribution >= 0.6 is 0 Å². The van der Waals surface area contributed by atoms with Gasteiger partial charge in [-0.15, -0.1) is 0 Å². The predicted molar refractivity (Wildman–Crippen MR) is 126 cm³/mol. The molecule has 0 aliphatic heterocycles. The van der Waals surface area contributed by atoms with Gasteiger partial charge in [-0.2, -0.15) is 10.2 Å². The van der Waals surface area contributed by atoms with Gasteiger partial charge in [-0.05, 0) is 48.5 Å². The summed E-state index contributed by atoms with van der Waals surface area (Å²) in [4.78, 5) is 24.1. The molecule has 0 spiro atoms. The summed E-state index contributed by atoms with van der Waals surface area (Å²) in [6, 6.07) is 15.4. The van der Waals surface area contributed by atoms with Gasteiger partial charge < -0.3 is 9.11 Å². The molecule has 0 saturated carbocycles. The Hall–Kier alpha value is -2.24. The fourth-order valence-electron chi connectivity index (χ4n) is 3.26. The molecule has 0 amide bonds. The molecule has 0 heterocycles. The predicted octanol–water partition coefficient (Wildman–Crippen LogP) is -5.89. The number of fused-ring (bicyclic) bond motifs is 1. The first-order chi connectivity index (χ1) is 16.9. The largest absolute Gasteiger partial charge is 1.00 e. The van der Waals surface area contributed by atoms with E-state index < -0.39 is 46.2 Å². The van der Waals surface area contributed by atoms with Crippen molar-refractivity contribution in [3.05, 3.63) is 104 Å². The minimum atomic E-state index is -4.73. The molecule has 0 aliphatic rings. The van der Waals surface area contributed by atoms with Crippen LogP contribution in [0.4, 0.5) is 11.4 Å². The number of hydrogen-bond donors (Lipinski definition) is 2. The summed E-state index contributed by atoms with van der Waals surface area (Å²) in [5, 5.41) is 7.61. The summed E-state index contributed by atoms with van der Waals surface area (Å²) in [5.41, 5.74) is 4.06. The maximum atomic E-state index is 12.8. The molecule has 184 valence electrons. The minimum absolute atomic E-state index is 0. The zero-order valence-corrected chi connectivity index (χ0v) is 25.5. The second-order valence-corrected chi connectivity index (χ2v) is 10.0. The Morgan fingerprint density at radius 1 is 0.658 bits per heavy atom. The molecule has 0 radical (unpaired) electrons. The molecule has 4 aromatic rings. The average molecular weight is 572 g/mol. The van der Waals surface area contributed by atoms with Crippen molar-refractivity contribution in [3.63, 3.8) is 0 Å². The van der Waals surface area contributed by atoms with Crippen molar-refractivity contribution in [2.24, 2.45) is 10.2 Å². The Kier molecular flexibility index (Phi) is 10.7. The third kappa shape index (κ3) is 7.24. The van der Waals surface area contributed by atoms with Crippen LogP contribution in [0.15, 0.2) is 102 Å². The third-order valence-corrected chi connectivity index (χ3v) is 6.71. The zero-order valence-electron chi connectivity index (χ0n) is 19.9. The van der Waals surface area contributed by atoms with Crippen molar-refractivity contribution >= 4 is 42.4 Å². The molecule has 16 heteroatoms. The van der Waals surface area contributed by atoms with Crippen molar-refractivity contribution in [2.75, 3.05) is 10.9 Å². The molecule has 0 fully saturated rings. The SMILES string of the molecule is O=c1cc/c(=N\Nc2ccc(S(=O)(=O)[O-])c3ccccc23)c(=O)/c1=N/Nc1ccc(S(=O)(=O)[O-])cc1.[Na+].[Na+]. The number of nitrogens with one attached hydrogen (secondary N) is 2. The van der Waals surface area contributed by atoms with Crippen LogP contribution in [0.2, 0.25) is 0 Å². The van der Waals surface area contributed by atoms with Gasteiger partial charge in [-0.1, -0.05) is 24.3 Å². The van der Waals surface area contributed by atoms with E-state index in [-0.39, 0.29) is 75.5 Å². The van der Waals surface area contributed by atoms with Crippen molar-refractivity contribution < 1.29 is 85.1 Å². The monoisotopic (exact) mass is 572 g/mol. The molecule has 2 N–H and O–H groups in total. The van der Waals surface area contributed by atoms with Crippen molar-refractivity contribution in [2.45, 2.75) is 9.79 Å². The Morgan fingerprint density at radius 2 is 1.29 bits per heavy atom. The Labute approximate surface area is 259 Å². The van der Waals surface area contributed by atoms with Gasteiger partial charge in [0, 0.05) is 10.8 Å². The molecular formula is C22H14N4Na2O8S2. The molecule has 0 unspecified atom stereocenters. The third-order valence-electron chi connectivity index (χ3n) is 4.96. The minimum Gasteiger partial charge on any atom is -0.744 e. The molecule has 0 saturated heterocycles. The molecule has 0 atom stereocenters. The average Bonchev–Trinajstić information content (AvgIpc) is 2.82. The quantitative estimate of drug-likeness (QED) is 0.127. The summed E-state index contributed by atoms with van der Waals surface area (Å²) in [6.07, 6.45) is 0. The standard InChI is InChI=1S/C22H16N4O8S2.2Na/c27-19-11-9-18(22(28)21(19)26-23-13-5-7-14(8-6-13)35(29,30)31)25-24-17-10-12-20(36(32,33)34)16-4-2-1-3-15(16)17;;/h1-12,23-24H,(H,29,30,31)(H,32,33,34);;/q;2*+1/p-2/b25-18+,26-21+;;. The van der Waals surface area contributed by atoms with Gasteiger partial charge in [-0.25, -0.2) is 16.8 Å². The van der Waals surface area contributed by atoms with Gasteiger partial charge in [0.25, 0.3) is 0 Å². The molecule has 0 bridgehead atoms. The van der Waals surface area contributed by atoms with E-state index >= 15 is 0 Å². The van der Waals surface area contributed by atoms with E-state index in [4.69, 9.17) is 0 Å². The number of benzene rings is 4. The smallest absolute Gasteiger partial charge is 0.744 e. The van der Waals surface area contributed by atoms with E-state index in [9.17, 15) is 35.5 Å². The van der Waals surface area contributed by atoms with E-state index in [0.717, 1.165) is 24.3 Å². The topological polar surface area (TPSA) is 197 Å². The van der Waals surface area contributed by atoms with Gasteiger partial charge in [0.15, 0.2) is 5.36 Å². The fourth-order valence-corrected chi connectivity index (χ4v) is 4.41. The van der Waals surface area contributed by atoms with Crippen molar-refractivity contribution in [1.29, 1.82) is 0 Å². The second kappa shape index (κ2) is 12.7. The fraction of sp³-hybridized carbons (Fsp3) is 0. The molecule has 4 rings (SSSR count). The maximum Gasteiger partial charge on any atom is 1.00 e. The van der Waals surface area contributed by atoms with Crippen LogP contribution in [0.3, 0.4) is 0 Å². The van der Waals surface area contributed by atoms with E-state index in [0.29, 0.717) is 11.1 Å². The number of anilines is 2. The summed E-state index contributed by atoms with van der Waals surface area (Å²) in [5.74, 6) is 0. The summed E-state index contributed by atoms with van der Waals surface area (Å²) in [7, 11) is -9.36. The van der Waals surface area contributed by atoms with Crippen LogP contribution in [-0.2, 0) is 20.2 Å². The number of hydrogen-bond acceptors (Lipinski definition) is 12. The Morgan fingerprint density at radius 3 is 1.89 bits per heavy atom. The number of rotatable bonds is 6. The Balaban J connectivity index is 0.00000253. The van der Waals surface area contributed by atoms with Crippen LogP contribution in [0.1, 0.15) is 0 Å². The van der Waals surface area contributed by atoms with Crippen LogP contribution in [0.25, 0.3) is 10.8 Å². The van der Waals surface area contributed by atoms with Crippen LogP contribution < -0.4 is 91.5 Å². The van der Waals surface area contributed by atoms with Gasteiger partial charge >= 0.3 is 59.1 Å². The van der Waals surface area contributed by atoms with Gasteiger partial charge in [0.1, 0.15) is 25.6 Å². The molecule has 38 heavy (non-hydrogen) atoms.